The molecule has 1 N–H and O–H groups in total. The van der Waals surface area contributed by atoms with E-state index in [0.717, 1.165) is 54.3 Å². The minimum Gasteiger partial charge on any atom is -0.378 e. The van der Waals surface area contributed by atoms with Crippen molar-refractivity contribution >= 4 is 28.0 Å². The van der Waals surface area contributed by atoms with Crippen LogP contribution >= 0.6 is 11.3 Å². The van der Waals surface area contributed by atoms with Crippen LogP contribution in [-0.4, -0.2) is 67.5 Å². The van der Waals surface area contributed by atoms with Crippen LogP contribution < -0.4 is 10.2 Å². The smallest absolute Gasteiger partial charge is 0.234 e. The third-order valence-electron chi connectivity index (χ3n) is 7.63. The number of Topliss-reactive ketones (excluding diaryl/α,β-unsaturated/α-hetero) is 1. The fourth-order valence-corrected chi connectivity index (χ4v) is 7.18. The van der Waals surface area contributed by atoms with Gasteiger partial charge in [-0.3, -0.25) is 19.5 Å². The minimum absolute atomic E-state index is 0.0578. The molecule has 1 aliphatic carbocycles. The van der Waals surface area contributed by atoms with E-state index in [1.54, 1.807) is 11.3 Å². The molecule has 0 atom stereocenters. The van der Waals surface area contributed by atoms with E-state index in [1.165, 1.54) is 21.7 Å². The topological polar surface area (TPSA) is 74.8 Å². The number of piperazine rings is 1. The summed E-state index contributed by atoms with van der Waals surface area (Å²) < 4.78 is 5.63. The molecule has 38 heavy (non-hydrogen) atoms. The maximum atomic E-state index is 13.2. The van der Waals surface area contributed by atoms with E-state index >= 15 is 0 Å². The van der Waals surface area contributed by atoms with Gasteiger partial charge in [0.2, 0.25) is 5.91 Å². The third kappa shape index (κ3) is 5.13. The highest BCUT2D eigenvalue weighted by Gasteiger charge is 2.37. The number of benzene rings is 1. The number of nitrogens with zero attached hydrogens (tertiary/aromatic N) is 3. The van der Waals surface area contributed by atoms with E-state index in [1.807, 2.05) is 6.20 Å². The Morgan fingerprint density at radius 2 is 1.89 bits per heavy atom. The van der Waals surface area contributed by atoms with Crippen LogP contribution in [0.25, 0.3) is 22.4 Å². The molecule has 198 valence electrons. The molecule has 4 heterocycles. The van der Waals surface area contributed by atoms with Gasteiger partial charge in [0, 0.05) is 56.5 Å². The Bertz CT molecular complexity index is 1380. The number of ether oxygens (including phenoxy) is 1. The van der Waals surface area contributed by atoms with Crippen molar-refractivity contribution in [2.45, 2.75) is 33.2 Å². The predicted octanol–water partition coefficient (Wildman–Crippen LogP) is 4.40. The minimum atomic E-state index is -0.0578. The Kier molecular flexibility index (Phi) is 6.80. The van der Waals surface area contributed by atoms with Crippen LogP contribution in [-0.2, 0) is 22.5 Å². The van der Waals surface area contributed by atoms with Gasteiger partial charge >= 0.3 is 0 Å². The van der Waals surface area contributed by atoms with Gasteiger partial charge in [-0.25, -0.2) is 0 Å². The zero-order chi connectivity index (χ0) is 26.3. The van der Waals surface area contributed by atoms with Crippen LogP contribution in [0.5, 0.6) is 0 Å². The number of hydrogen-bond donors (Lipinski definition) is 1. The van der Waals surface area contributed by atoms with Crippen molar-refractivity contribution in [3.8, 4) is 22.4 Å². The van der Waals surface area contributed by atoms with E-state index in [-0.39, 0.29) is 17.1 Å². The second-order valence-corrected chi connectivity index (χ2v) is 12.3. The first-order valence-electron chi connectivity index (χ1n) is 13.4. The van der Waals surface area contributed by atoms with Gasteiger partial charge in [-0.05, 0) is 46.7 Å². The van der Waals surface area contributed by atoms with E-state index in [0.29, 0.717) is 32.7 Å². The number of thiophene rings is 1. The number of morpholine rings is 1. The zero-order valence-electron chi connectivity index (χ0n) is 22.1. The van der Waals surface area contributed by atoms with Gasteiger partial charge in [-0.1, -0.05) is 32.0 Å². The Balaban J connectivity index is 1.37. The van der Waals surface area contributed by atoms with Gasteiger partial charge in [0.1, 0.15) is 0 Å². The quantitative estimate of drug-likeness (QED) is 0.527. The lowest BCUT2D eigenvalue weighted by Crippen LogP contribution is -2.47. The number of hydrogen-bond acceptors (Lipinski definition) is 7. The van der Waals surface area contributed by atoms with E-state index < -0.39 is 0 Å². The first-order chi connectivity index (χ1) is 18.4. The number of rotatable bonds is 5. The zero-order valence-corrected chi connectivity index (χ0v) is 22.9. The molecular formula is C30H34N4O3S. The van der Waals surface area contributed by atoms with Crippen molar-refractivity contribution in [1.82, 2.24) is 15.2 Å². The molecule has 2 aliphatic heterocycles. The standard InChI is InChI=1S/C30H34N4O3S/c1-30(2)16-23-27(29(34-10-12-37-13-11-34)38-28(23)25(35)17-30)22-6-7-31-24(15-22)21-5-3-4-20(14-21)18-33-9-8-32-26(36)19-33/h3-7,14-15H,8-13,16-19H2,1-2H3,(H,32,36). The number of amides is 1. The number of carbonyl (C=O) groups excluding carboxylic acids is 2. The van der Waals surface area contributed by atoms with Crippen LogP contribution in [0.15, 0.2) is 42.6 Å². The number of anilines is 1. The summed E-state index contributed by atoms with van der Waals surface area (Å²) in [4.78, 5) is 35.3. The maximum Gasteiger partial charge on any atom is 0.234 e. The highest BCUT2D eigenvalue weighted by molar-refractivity contribution is 7.19. The number of nitrogens with one attached hydrogen (secondary N) is 1. The second-order valence-electron chi connectivity index (χ2n) is 11.3. The Labute approximate surface area is 227 Å². The van der Waals surface area contributed by atoms with E-state index in [2.05, 4.69) is 65.4 Å². The van der Waals surface area contributed by atoms with Gasteiger partial charge in [-0.15, -0.1) is 11.3 Å². The normalized spacial score (nSPS) is 19.8. The number of aromatic nitrogens is 1. The summed E-state index contributed by atoms with van der Waals surface area (Å²) in [6, 6.07) is 12.7. The van der Waals surface area contributed by atoms with Gasteiger partial charge in [0.05, 0.1) is 35.3 Å². The molecule has 0 spiro atoms. The van der Waals surface area contributed by atoms with Crippen LogP contribution in [0.3, 0.4) is 0 Å². The highest BCUT2D eigenvalue weighted by Crippen LogP contribution is 2.49. The maximum absolute atomic E-state index is 13.2. The van der Waals surface area contributed by atoms with E-state index in [4.69, 9.17) is 9.72 Å². The van der Waals surface area contributed by atoms with Crippen molar-refractivity contribution in [3.63, 3.8) is 0 Å². The number of carbonyl (C=O) groups is 2. The molecule has 0 saturated carbocycles. The van der Waals surface area contributed by atoms with Crippen molar-refractivity contribution in [2.24, 2.45) is 5.41 Å². The molecule has 2 aromatic heterocycles. The molecule has 7 nitrogen and oxygen atoms in total. The lowest BCUT2D eigenvalue weighted by Gasteiger charge is -2.30. The van der Waals surface area contributed by atoms with Gasteiger partial charge in [0.15, 0.2) is 5.78 Å². The molecule has 6 rings (SSSR count). The van der Waals surface area contributed by atoms with Crippen molar-refractivity contribution < 1.29 is 14.3 Å². The lowest BCUT2D eigenvalue weighted by molar-refractivity contribution is -0.124. The predicted molar refractivity (Wildman–Crippen MR) is 151 cm³/mol. The van der Waals surface area contributed by atoms with Crippen molar-refractivity contribution in [1.29, 1.82) is 0 Å². The average Bonchev–Trinajstić information content (AvgIpc) is 3.28. The van der Waals surface area contributed by atoms with E-state index in [9.17, 15) is 9.59 Å². The number of ketones is 1. The molecule has 8 heteroatoms. The summed E-state index contributed by atoms with van der Waals surface area (Å²) in [6.07, 6.45) is 3.37. The van der Waals surface area contributed by atoms with Crippen LogP contribution in [0.1, 0.15) is 41.1 Å². The molecule has 3 aliphatic rings. The molecule has 3 aromatic rings. The highest BCUT2D eigenvalue weighted by atomic mass is 32.1. The average molecular weight is 531 g/mol. The molecule has 0 bridgehead atoms. The Morgan fingerprint density at radius 3 is 2.71 bits per heavy atom. The fraction of sp³-hybridized carbons (Fsp3) is 0.433. The fourth-order valence-electron chi connectivity index (χ4n) is 5.85. The van der Waals surface area contributed by atoms with Crippen molar-refractivity contribution in [3.05, 3.63) is 58.6 Å². The second kappa shape index (κ2) is 10.2. The largest absolute Gasteiger partial charge is 0.378 e. The SMILES string of the molecule is CC1(C)CC(=O)c2sc(N3CCOCC3)c(-c3ccnc(-c4cccc(CN5CCNC(=O)C5)c4)c3)c2C1. The van der Waals surface area contributed by atoms with Gasteiger partial charge < -0.3 is 15.0 Å². The van der Waals surface area contributed by atoms with Crippen LogP contribution in [0, 0.1) is 5.41 Å². The van der Waals surface area contributed by atoms with Crippen LogP contribution in [0.4, 0.5) is 5.00 Å². The van der Waals surface area contributed by atoms with Crippen molar-refractivity contribution in [2.75, 3.05) is 50.8 Å². The summed E-state index contributed by atoms with van der Waals surface area (Å²) in [5.41, 5.74) is 6.56. The summed E-state index contributed by atoms with van der Waals surface area (Å²) >= 11 is 1.66. The van der Waals surface area contributed by atoms with Crippen LogP contribution in [0.2, 0.25) is 0 Å². The summed E-state index contributed by atoms with van der Waals surface area (Å²) in [5, 5.41) is 4.07. The lowest BCUT2D eigenvalue weighted by atomic mass is 9.75. The molecule has 2 saturated heterocycles. The summed E-state index contributed by atoms with van der Waals surface area (Å²) in [7, 11) is 0. The molecule has 1 aromatic carbocycles. The first-order valence-corrected chi connectivity index (χ1v) is 14.2. The molecule has 1 amide bonds. The summed E-state index contributed by atoms with van der Waals surface area (Å²) in [6.45, 7) is 10.2. The van der Waals surface area contributed by atoms with Gasteiger partial charge in [-0.2, -0.15) is 0 Å². The van der Waals surface area contributed by atoms with Gasteiger partial charge in [0.25, 0.3) is 0 Å². The molecular weight excluding hydrogens is 496 g/mol. The molecule has 0 radical (unpaired) electrons. The molecule has 2 fully saturated rings. The Morgan fingerprint density at radius 1 is 1.05 bits per heavy atom. The number of fused-ring (bicyclic) bond motifs is 1. The third-order valence-corrected chi connectivity index (χ3v) is 8.96. The Hall–Kier alpha value is -3.07. The first kappa shape index (κ1) is 25.2. The molecule has 0 unspecified atom stereocenters. The monoisotopic (exact) mass is 530 g/mol. The summed E-state index contributed by atoms with van der Waals surface area (Å²) in [5.74, 6) is 0.342. The number of pyridine rings is 1.